The van der Waals surface area contributed by atoms with E-state index in [9.17, 15) is 9.59 Å². The molecule has 0 bridgehead atoms. The van der Waals surface area contributed by atoms with Crippen molar-refractivity contribution in [2.45, 2.75) is 13.5 Å². The number of rotatable bonds is 4. The maximum atomic E-state index is 12.3. The first-order valence-electron chi connectivity index (χ1n) is 6.70. The normalized spacial score (nSPS) is 9.86. The van der Waals surface area contributed by atoms with Gasteiger partial charge in [0.05, 0.1) is 17.3 Å². The summed E-state index contributed by atoms with van der Waals surface area (Å²) in [7, 11) is 1.50. The summed E-state index contributed by atoms with van der Waals surface area (Å²) < 4.78 is 1.56. The Kier molecular flexibility index (Phi) is 4.53. The Morgan fingerprint density at radius 1 is 1.36 bits per heavy atom. The highest BCUT2D eigenvalue weighted by Crippen LogP contribution is 2.16. The Hall–Kier alpha value is -3.14. The van der Waals surface area contributed by atoms with Gasteiger partial charge in [0.15, 0.2) is 5.69 Å². The van der Waals surface area contributed by atoms with Gasteiger partial charge in [-0.1, -0.05) is 6.07 Å². The van der Waals surface area contributed by atoms with E-state index in [4.69, 9.17) is 5.26 Å². The van der Waals surface area contributed by atoms with E-state index in [0.717, 1.165) is 0 Å². The Morgan fingerprint density at radius 2 is 2.14 bits per heavy atom. The van der Waals surface area contributed by atoms with Gasteiger partial charge in [0.2, 0.25) is 0 Å². The van der Waals surface area contributed by atoms with E-state index in [2.05, 4.69) is 15.7 Å². The number of aromatic nitrogens is 2. The Bertz CT molecular complexity index is 758. The molecule has 2 aromatic rings. The summed E-state index contributed by atoms with van der Waals surface area (Å²) in [6.07, 6.45) is 1.59. The maximum absolute atomic E-state index is 12.3. The van der Waals surface area contributed by atoms with Crippen molar-refractivity contribution in [3.8, 4) is 6.07 Å². The van der Waals surface area contributed by atoms with Gasteiger partial charge in [-0.25, -0.2) is 0 Å². The van der Waals surface area contributed by atoms with Crippen LogP contribution in [0.2, 0.25) is 0 Å². The predicted molar refractivity (Wildman–Crippen MR) is 80.4 cm³/mol. The predicted octanol–water partition coefficient (Wildman–Crippen LogP) is 1.39. The van der Waals surface area contributed by atoms with Crippen LogP contribution >= 0.6 is 0 Å². The highest BCUT2D eigenvalue weighted by atomic mass is 16.2. The zero-order valence-electron chi connectivity index (χ0n) is 12.3. The highest BCUT2D eigenvalue weighted by Gasteiger charge is 2.18. The van der Waals surface area contributed by atoms with Gasteiger partial charge in [-0.3, -0.25) is 14.3 Å². The number of carbonyl (C=O) groups is 2. The van der Waals surface area contributed by atoms with E-state index in [1.54, 1.807) is 29.1 Å². The van der Waals surface area contributed by atoms with Crippen molar-refractivity contribution in [1.82, 2.24) is 15.1 Å². The number of amides is 2. The van der Waals surface area contributed by atoms with Crippen molar-refractivity contribution in [1.29, 1.82) is 5.26 Å². The molecule has 22 heavy (non-hydrogen) atoms. The molecular formula is C15H15N5O2. The molecule has 0 radical (unpaired) electrons. The smallest absolute Gasteiger partial charge is 0.273 e. The lowest BCUT2D eigenvalue weighted by molar-refractivity contribution is 0.0958. The van der Waals surface area contributed by atoms with Crippen LogP contribution in [0, 0.1) is 11.3 Å². The molecule has 112 valence electrons. The third-order valence-electron chi connectivity index (χ3n) is 3.03. The summed E-state index contributed by atoms with van der Waals surface area (Å²) >= 11 is 0. The van der Waals surface area contributed by atoms with Crippen LogP contribution in [-0.4, -0.2) is 28.6 Å². The molecule has 0 saturated carbocycles. The van der Waals surface area contributed by atoms with Gasteiger partial charge in [0, 0.05) is 25.4 Å². The number of nitriles is 1. The first kappa shape index (κ1) is 15.3. The van der Waals surface area contributed by atoms with E-state index >= 15 is 0 Å². The zero-order valence-corrected chi connectivity index (χ0v) is 12.3. The highest BCUT2D eigenvalue weighted by molar-refractivity contribution is 6.08. The molecule has 2 amide bonds. The maximum Gasteiger partial charge on any atom is 0.273 e. The standard InChI is InChI=1S/C15H15N5O2/c1-3-20-9-12(13(19-20)15(22)17-2)18-14(21)11-6-4-5-10(7-11)8-16/h4-7,9H,3H2,1-2H3,(H,17,22)(H,18,21). The molecule has 0 saturated heterocycles. The van der Waals surface area contributed by atoms with E-state index in [1.807, 2.05) is 13.0 Å². The SMILES string of the molecule is CCn1cc(NC(=O)c2cccc(C#N)c2)c(C(=O)NC)n1. The minimum absolute atomic E-state index is 0.147. The average Bonchev–Trinajstić information content (AvgIpc) is 2.97. The van der Waals surface area contributed by atoms with Gasteiger partial charge in [0.1, 0.15) is 0 Å². The molecular weight excluding hydrogens is 282 g/mol. The van der Waals surface area contributed by atoms with E-state index in [0.29, 0.717) is 23.4 Å². The second-order valence-electron chi connectivity index (χ2n) is 4.47. The largest absolute Gasteiger partial charge is 0.354 e. The lowest BCUT2D eigenvalue weighted by atomic mass is 10.1. The number of benzene rings is 1. The summed E-state index contributed by atoms with van der Waals surface area (Å²) in [5.74, 6) is -0.786. The van der Waals surface area contributed by atoms with Gasteiger partial charge in [-0.15, -0.1) is 0 Å². The van der Waals surface area contributed by atoms with Crippen LogP contribution < -0.4 is 10.6 Å². The van der Waals surface area contributed by atoms with E-state index in [1.165, 1.54) is 13.1 Å². The molecule has 2 N–H and O–H groups in total. The van der Waals surface area contributed by atoms with Gasteiger partial charge in [-0.2, -0.15) is 10.4 Å². The van der Waals surface area contributed by atoms with E-state index < -0.39 is 5.91 Å². The second-order valence-corrected chi connectivity index (χ2v) is 4.47. The fourth-order valence-electron chi connectivity index (χ4n) is 1.89. The fourth-order valence-corrected chi connectivity index (χ4v) is 1.89. The van der Waals surface area contributed by atoms with Gasteiger partial charge >= 0.3 is 0 Å². The molecule has 7 heteroatoms. The van der Waals surface area contributed by atoms with Crippen molar-refractivity contribution in [2.75, 3.05) is 12.4 Å². The van der Waals surface area contributed by atoms with Crippen LogP contribution in [0.3, 0.4) is 0 Å². The van der Waals surface area contributed by atoms with Gasteiger partial charge in [0.25, 0.3) is 11.8 Å². The van der Waals surface area contributed by atoms with Gasteiger partial charge in [-0.05, 0) is 25.1 Å². The number of hydrogen-bond acceptors (Lipinski definition) is 4. The summed E-state index contributed by atoms with van der Waals surface area (Å²) in [4.78, 5) is 24.1. The number of aryl methyl sites for hydroxylation is 1. The van der Waals surface area contributed by atoms with Crippen LogP contribution in [0.25, 0.3) is 0 Å². The van der Waals surface area contributed by atoms with Gasteiger partial charge < -0.3 is 10.6 Å². The molecule has 1 heterocycles. The molecule has 2 rings (SSSR count). The monoisotopic (exact) mass is 297 g/mol. The molecule has 0 aliphatic heterocycles. The fraction of sp³-hybridized carbons (Fsp3) is 0.200. The number of hydrogen-bond donors (Lipinski definition) is 2. The summed E-state index contributed by atoms with van der Waals surface area (Å²) in [5, 5.41) is 18.1. The minimum Gasteiger partial charge on any atom is -0.354 e. The Labute approximate surface area is 127 Å². The topological polar surface area (TPSA) is 99.8 Å². The Balaban J connectivity index is 2.29. The van der Waals surface area contributed by atoms with Crippen LogP contribution in [0.5, 0.6) is 0 Å². The molecule has 1 aromatic heterocycles. The zero-order chi connectivity index (χ0) is 16.1. The van der Waals surface area contributed by atoms with Crippen LogP contribution in [0.4, 0.5) is 5.69 Å². The molecule has 7 nitrogen and oxygen atoms in total. The third-order valence-corrected chi connectivity index (χ3v) is 3.03. The molecule has 0 aliphatic rings. The number of nitrogens with one attached hydrogen (secondary N) is 2. The molecule has 0 unspecified atom stereocenters. The first-order valence-corrected chi connectivity index (χ1v) is 6.70. The minimum atomic E-state index is -0.405. The quantitative estimate of drug-likeness (QED) is 0.890. The van der Waals surface area contributed by atoms with Crippen molar-refractivity contribution in [2.24, 2.45) is 0 Å². The molecule has 0 spiro atoms. The van der Waals surface area contributed by atoms with Crippen molar-refractivity contribution >= 4 is 17.5 Å². The second kappa shape index (κ2) is 6.54. The first-order chi connectivity index (χ1) is 10.6. The molecule has 0 fully saturated rings. The average molecular weight is 297 g/mol. The lowest BCUT2D eigenvalue weighted by Crippen LogP contribution is -2.21. The summed E-state index contributed by atoms with van der Waals surface area (Å²) in [6.45, 7) is 2.45. The third kappa shape index (κ3) is 3.12. The molecule has 1 aromatic carbocycles. The summed E-state index contributed by atoms with van der Waals surface area (Å²) in [6, 6.07) is 8.30. The number of nitrogens with zero attached hydrogens (tertiary/aromatic N) is 3. The molecule has 0 atom stereocenters. The lowest BCUT2D eigenvalue weighted by Gasteiger charge is -2.05. The number of anilines is 1. The Morgan fingerprint density at radius 3 is 2.77 bits per heavy atom. The van der Waals surface area contributed by atoms with Crippen LogP contribution in [-0.2, 0) is 6.54 Å². The summed E-state index contributed by atoms with van der Waals surface area (Å²) in [5.41, 5.74) is 1.21. The van der Waals surface area contributed by atoms with Crippen LogP contribution in [0.15, 0.2) is 30.5 Å². The molecule has 0 aliphatic carbocycles. The number of carbonyl (C=O) groups excluding carboxylic acids is 2. The van der Waals surface area contributed by atoms with Crippen LogP contribution in [0.1, 0.15) is 33.3 Å². The van der Waals surface area contributed by atoms with E-state index in [-0.39, 0.29) is 11.6 Å². The van der Waals surface area contributed by atoms with Crippen molar-refractivity contribution in [3.63, 3.8) is 0 Å². The van der Waals surface area contributed by atoms with Crippen molar-refractivity contribution < 1.29 is 9.59 Å². The van der Waals surface area contributed by atoms with Crippen molar-refractivity contribution in [3.05, 3.63) is 47.3 Å².